The number of carbonyl (C=O) groups is 2. The van der Waals surface area contributed by atoms with Gasteiger partial charge in [-0.05, 0) is 35.9 Å². The van der Waals surface area contributed by atoms with Gasteiger partial charge in [-0.25, -0.2) is 8.42 Å². The molecule has 0 saturated heterocycles. The van der Waals surface area contributed by atoms with Crippen LogP contribution in [0.2, 0.25) is 5.02 Å². The Balaban J connectivity index is 1.91. The van der Waals surface area contributed by atoms with Crippen LogP contribution in [-0.2, 0) is 16.6 Å². The molecule has 130 valence electrons. The molecule has 0 saturated carbocycles. The van der Waals surface area contributed by atoms with Crippen molar-refractivity contribution >= 4 is 33.4 Å². The van der Waals surface area contributed by atoms with E-state index in [1.807, 2.05) is 0 Å². The Bertz CT molecular complexity index is 971. The van der Waals surface area contributed by atoms with E-state index in [2.05, 4.69) is 0 Å². The molecule has 1 heterocycles. The number of amides is 2. The average Bonchev–Trinajstić information content (AvgIpc) is 2.81. The number of hydrogen-bond donors (Lipinski definition) is 0. The highest BCUT2D eigenvalue weighted by molar-refractivity contribution is 7.89. The summed E-state index contributed by atoms with van der Waals surface area (Å²) in [7, 11) is -0.988. The molecule has 0 spiro atoms. The maximum absolute atomic E-state index is 12.8. The van der Waals surface area contributed by atoms with E-state index in [1.54, 1.807) is 24.3 Å². The summed E-state index contributed by atoms with van der Waals surface area (Å²) in [5.74, 6) is -0.934. The summed E-state index contributed by atoms with van der Waals surface area (Å²) in [6.45, 7) is 0.156. The molecule has 1 aliphatic rings. The van der Waals surface area contributed by atoms with E-state index in [9.17, 15) is 18.0 Å². The van der Waals surface area contributed by atoms with Crippen LogP contribution in [0.15, 0.2) is 47.4 Å². The van der Waals surface area contributed by atoms with Gasteiger partial charge in [-0.3, -0.25) is 14.5 Å². The third kappa shape index (κ3) is 3.06. The summed E-state index contributed by atoms with van der Waals surface area (Å²) >= 11 is 5.83. The number of imide groups is 1. The van der Waals surface area contributed by atoms with Crippen molar-refractivity contribution in [2.45, 2.75) is 11.4 Å². The fourth-order valence-electron chi connectivity index (χ4n) is 2.61. The Morgan fingerprint density at radius 3 is 2.24 bits per heavy atom. The second kappa shape index (κ2) is 6.25. The Kier molecular flexibility index (Phi) is 4.40. The fourth-order valence-corrected chi connectivity index (χ4v) is 3.92. The first-order valence-corrected chi connectivity index (χ1v) is 9.21. The molecule has 1 aliphatic heterocycles. The summed E-state index contributed by atoms with van der Waals surface area (Å²) < 4.78 is 26.7. The van der Waals surface area contributed by atoms with Crippen LogP contribution in [0.5, 0.6) is 0 Å². The van der Waals surface area contributed by atoms with Gasteiger partial charge in [0, 0.05) is 25.7 Å². The van der Waals surface area contributed by atoms with Gasteiger partial charge in [-0.2, -0.15) is 4.31 Å². The first-order valence-electron chi connectivity index (χ1n) is 7.39. The average molecular weight is 379 g/mol. The molecule has 25 heavy (non-hydrogen) atoms. The van der Waals surface area contributed by atoms with Crippen molar-refractivity contribution in [2.75, 3.05) is 14.1 Å². The summed E-state index contributed by atoms with van der Waals surface area (Å²) in [6.07, 6.45) is 0. The van der Waals surface area contributed by atoms with Crippen LogP contribution in [0.1, 0.15) is 26.3 Å². The lowest BCUT2D eigenvalue weighted by Crippen LogP contribution is -2.26. The number of benzene rings is 2. The van der Waals surface area contributed by atoms with E-state index in [1.165, 1.54) is 36.6 Å². The number of fused-ring (bicyclic) bond motifs is 1. The predicted molar refractivity (Wildman–Crippen MR) is 93.0 cm³/mol. The number of sulfonamides is 1. The summed E-state index contributed by atoms with van der Waals surface area (Å²) in [4.78, 5) is 24.9. The molecule has 0 unspecified atom stereocenters. The highest BCUT2D eigenvalue weighted by atomic mass is 35.5. The first kappa shape index (κ1) is 17.6. The maximum Gasteiger partial charge on any atom is 0.261 e. The van der Waals surface area contributed by atoms with E-state index >= 15 is 0 Å². The van der Waals surface area contributed by atoms with E-state index in [4.69, 9.17) is 11.6 Å². The normalized spacial score (nSPS) is 14.3. The van der Waals surface area contributed by atoms with E-state index in [-0.39, 0.29) is 22.6 Å². The van der Waals surface area contributed by atoms with Gasteiger partial charge in [0.25, 0.3) is 11.8 Å². The van der Waals surface area contributed by atoms with E-state index in [0.717, 1.165) is 10.5 Å². The van der Waals surface area contributed by atoms with Crippen molar-refractivity contribution in [2.24, 2.45) is 0 Å². The number of halogens is 1. The number of hydrogen-bond acceptors (Lipinski definition) is 4. The maximum atomic E-state index is 12.8. The minimum atomic E-state index is -3.81. The second-order valence-corrected chi connectivity index (χ2v) is 8.25. The SMILES string of the molecule is CN1C(=O)c2ccc(S(=O)(=O)N(C)Cc3ccc(Cl)cc3)cc2C1=O. The van der Waals surface area contributed by atoms with Crippen LogP contribution < -0.4 is 0 Å². The van der Waals surface area contributed by atoms with Gasteiger partial charge in [0.2, 0.25) is 10.0 Å². The minimum absolute atomic E-state index is 0.0286. The van der Waals surface area contributed by atoms with Gasteiger partial charge < -0.3 is 0 Å². The Hall–Kier alpha value is -2.22. The van der Waals surface area contributed by atoms with Gasteiger partial charge in [0.1, 0.15) is 0 Å². The van der Waals surface area contributed by atoms with Crippen molar-refractivity contribution < 1.29 is 18.0 Å². The van der Waals surface area contributed by atoms with Gasteiger partial charge in [-0.1, -0.05) is 23.7 Å². The van der Waals surface area contributed by atoms with Crippen LogP contribution in [0, 0.1) is 0 Å². The summed E-state index contributed by atoms with van der Waals surface area (Å²) in [5.41, 5.74) is 1.10. The molecule has 0 atom stereocenters. The van der Waals surface area contributed by atoms with Crippen LogP contribution in [0.3, 0.4) is 0 Å². The molecule has 0 fully saturated rings. The minimum Gasteiger partial charge on any atom is -0.277 e. The zero-order valence-corrected chi connectivity index (χ0v) is 15.1. The smallest absolute Gasteiger partial charge is 0.261 e. The highest BCUT2D eigenvalue weighted by Gasteiger charge is 2.34. The summed E-state index contributed by atoms with van der Waals surface area (Å²) in [5, 5.41) is 0.570. The first-order chi connectivity index (χ1) is 11.7. The summed E-state index contributed by atoms with van der Waals surface area (Å²) in [6, 6.07) is 10.8. The van der Waals surface area contributed by atoms with Gasteiger partial charge in [-0.15, -0.1) is 0 Å². The van der Waals surface area contributed by atoms with Crippen molar-refractivity contribution in [3.05, 3.63) is 64.2 Å². The molecular formula is C17H15ClN2O4S. The van der Waals surface area contributed by atoms with Gasteiger partial charge in [0.15, 0.2) is 0 Å². The van der Waals surface area contributed by atoms with Crippen LogP contribution >= 0.6 is 11.6 Å². The molecule has 0 aliphatic carbocycles. The molecule has 0 radical (unpaired) electrons. The highest BCUT2D eigenvalue weighted by Crippen LogP contribution is 2.26. The number of rotatable bonds is 4. The molecular weight excluding hydrogens is 364 g/mol. The third-order valence-electron chi connectivity index (χ3n) is 4.09. The van der Waals surface area contributed by atoms with E-state index in [0.29, 0.717) is 5.02 Å². The third-order valence-corrected chi connectivity index (χ3v) is 6.14. The predicted octanol–water partition coefficient (Wildman–Crippen LogP) is 2.39. The Morgan fingerprint density at radius 1 is 1.00 bits per heavy atom. The van der Waals surface area contributed by atoms with Gasteiger partial charge in [0.05, 0.1) is 16.0 Å². The zero-order chi connectivity index (χ0) is 18.4. The van der Waals surface area contributed by atoms with E-state index < -0.39 is 21.8 Å². The van der Waals surface area contributed by atoms with Crippen molar-refractivity contribution in [3.8, 4) is 0 Å². The standard InChI is InChI=1S/C17H15ClN2O4S/c1-19(10-11-3-5-12(18)6-4-11)25(23,24)13-7-8-14-15(9-13)17(22)20(2)16(14)21/h3-9H,10H2,1-2H3. The molecule has 0 bridgehead atoms. The molecule has 3 rings (SSSR count). The molecule has 8 heteroatoms. The molecule has 0 aromatic heterocycles. The van der Waals surface area contributed by atoms with Crippen LogP contribution in [0.25, 0.3) is 0 Å². The van der Waals surface area contributed by atoms with Crippen molar-refractivity contribution in [1.82, 2.24) is 9.21 Å². The van der Waals surface area contributed by atoms with Crippen molar-refractivity contribution in [3.63, 3.8) is 0 Å². The lowest BCUT2D eigenvalue weighted by atomic mass is 10.1. The fraction of sp³-hybridized carbons (Fsp3) is 0.176. The molecule has 2 aromatic carbocycles. The Labute approximate surface area is 150 Å². The molecule has 0 N–H and O–H groups in total. The topological polar surface area (TPSA) is 74.8 Å². The lowest BCUT2D eigenvalue weighted by molar-refractivity contribution is 0.0693. The Morgan fingerprint density at radius 2 is 1.60 bits per heavy atom. The monoisotopic (exact) mass is 378 g/mol. The van der Waals surface area contributed by atoms with Crippen LogP contribution in [0.4, 0.5) is 0 Å². The number of carbonyl (C=O) groups excluding carboxylic acids is 2. The van der Waals surface area contributed by atoms with Crippen molar-refractivity contribution in [1.29, 1.82) is 0 Å². The quantitative estimate of drug-likeness (QED) is 0.765. The lowest BCUT2D eigenvalue weighted by Gasteiger charge is -2.17. The molecule has 6 nitrogen and oxygen atoms in total. The second-order valence-electron chi connectivity index (χ2n) is 5.76. The largest absolute Gasteiger partial charge is 0.277 e. The van der Waals surface area contributed by atoms with Gasteiger partial charge >= 0.3 is 0 Å². The molecule has 2 amide bonds. The number of nitrogens with zero attached hydrogens (tertiary/aromatic N) is 2. The molecule has 2 aromatic rings. The van der Waals surface area contributed by atoms with Crippen LogP contribution in [-0.4, -0.2) is 43.5 Å². The zero-order valence-electron chi connectivity index (χ0n) is 13.6.